The molecule has 0 aromatic carbocycles. The van der Waals surface area contributed by atoms with Gasteiger partial charge in [-0.3, -0.25) is 4.79 Å². The Kier molecular flexibility index (Phi) is 5.68. The van der Waals surface area contributed by atoms with Crippen LogP contribution in [-0.2, 0) is 4.79 Å². The zero-order valence-electron chi connectivity index (χ0n) is 16.7. The molecule has 144 valence electrons. The molecule has 1 aromatic rings. The van der Waals surface area contributed by atoms with Gasteiger partial charge in [-0.25, -0.2) is 4.98 Å². The maximum absolute atomic E-state index is 12.5. The van der Waals surface area contributed by atoms with Crippen molar-refractivity contribution in [3.63, 3.8) is 0 Å². The molecule has 6 nitrogen and oxygen atoms in total. The fourth-order valence-corrected chi connectivity index (χ4v) is 3.82. The summed E-state index contributed by atoms with van der Waals surface area (Å²) in [5.41, 5.74) is 0.673. The third-order valence-electron chi connectivity index (χ3n) is 5.31. The van der Waals surface area contributed by atoms with Gasteiger partial charge < -0.3 is 15.1 Å². The van der Waals surface area contributed by atoms with E-state index in [0.717, 1.165) is 43.6 Å². The minimum absolute atomic E-state index is 0.232. The minimum Gasteiger partial charge on any atom is -0.353 e. The lowest BCUT2D eigenvalue weighted by Gasteiger charge is -2.38. The number of amides is 1. The lowest BCUT2D eigenvalue weighted by Crippen LogP contribution is -2.51. The molecule has 1 amide bonds. The molecule has 1 aliphatic heterocycles. The van der Waals surface area contributed by atoms with Gasteiger partial charge in [0.05, 0.1) is 0 Å². The summed E-state index contributed by atoms with van der Waals surface area (Å²) in [4.78, 5) is 26.1. The highest BCUT2D eigenvalue weighted by Crippen LogP contribution is 2.23. The van der Waals surface area contributed by atoms with Gasteiger partial charge in [0.1, 0.15) is 5.82 Å². The molecule has 2 aliphatic rings. The average molecular weight is 360 g/mol. The van der Waals surface area contributed by atoms with Crippen molar-refractivity contribution in [3.05, 3.63) is 11.8 Å². The van der Waals surface area contributed by atoms with Crippen LogP contribution in [0.2, 0.25) is 0 Å². The number of nitrogens with zero attached hydrogens (tertiary/aromatic N) is 4. The fraction of sp³-hybridized carbons (Fsp3) is 0.750. The fourth-order valence-electron chi connectivity index (χ4n) is 3.82. The van der Waals surface area contributed by atoms with E-state index in [1.807, 2.05) is 38.7 Å². The van der Waals surface area contributed by atoms with Crippen molar-refractivity contribution in [1.29, 1.82) is 0 Å². The van der Waals surface area contributed by atoms with Crippen LogP contribution in [0.4, 0.5) is 11.8 Å². The largest absolute Gasteiger partial charge is 0.353 e. The van der Waals surface area contributed by atoms with E-state index in [1.54, 1.807) is 0 Å². The summed E-state index contributed by atoms with van der Waals surface area (Å²) >= 11 is 0. The van der Waals surface area contributed by atoms with Crippen LogP contribution in [0.25, 0.3) is 0 Å². The van der Waals surface area contributed by atoms with Gasteiger partial charge in [0.15, 0.2) is 0 Å². The number of carbonyl (C=O) groups is 1. The molecule has 1 saturated heterocycles. The first kappa shape index (κ1) is 18.9. The summed E-state index contributed by atoms with van der Waals surface area (Å²) in [7, 11) is 0. The van der Waals surface area contributed by atoms with Gasteiger partial charge in [0.25, 0.3) is 0 Å². The number of piperazine rings is 1. The van der Waals surface area contributed by atoms with Crippen molar-refractivity contribution in [1.82, 2.24) is 14.9 Å². The maximum Gasteiger partial charge on any atom is 0.228 e. The van der Waals surface area contributed by atoms with Gasteiger partial charge in [0.2, 0.25) is 11.9 Å². The number of carbonyl (C=O) groups excluding carboxylic acids is 1. The predicted octanol–water partition coefficient (Wildman–Crippen LogP) is 3.22. The molecule has 2 fully saturated rings. The highest BCUT2D eigenvalue weighted by atomic mass is 16.2. The topological polar surface area (TPSA) is 61.4 Å². The number of anilines is 2. The first-order valence-corrected chi connectivity index (χ1v) is 9.99. The highest BCUT2D eigenvalue weighted by molar-refractivity contribution is 5.81. The van der Waals surface area contributed by atoms with Gasteiger partial charge in [-0.1, -0.05) is 40.0 Å². The summed E-state index contributed by atoms with van der Waals surface area (Å²) < 4.78 is 0. The molecular formula is C20H33N5O. The Balaban J connectivity index is 1.63. The Morgan fingerprint density at radius 1 is 1.08 bits per heavy atom. The molecule has 1 aliphatic carbocycles. The Morgan fingerprint density at radius 3 is 2.35 bits per heavy atom. The van der Waals surface area contributed by atoms with E-state index in [4.69, 9.17) is 4.98 Å². The van der Waals surface area contributed by atoms with Crippen molar-refractivity contribution in [2.45, 2.75) is 65.8 Å². The van der Waals surface area contributed by atoms with E-state index in [2.05, 4.69) is 15.2 Å². The molecule has 1 saturated carbocycles. The van der Waals surface area contributed by atoms with Crippen LogP contribution in [-0.4, -0.2) is 53.0 Å². The summed E-state index contributed by atoms with van der Waals surface area (Å²) in [5.74, 6) is 1.95. The van der Waals surface area contributed by atoms with Crippen LogP contribution in [0.5, 0.6) is 0 Å². The second-order valence-electron chi connectivity index (χ2n) is 8.70. The Hall–Kier alpha value is -1.85. The van der Waals surface area contributed by atoms with E-state index >= 15 is 0 Å². The van der Waals surface area contributed by atoms with Gasteiger partial charge in [-0.05, 0) is 19.8 Å². The van der Waals surface area contributed by atoms with Crippen LogP contribution in [0, 0.1) is 12.3 Å². The lowest BCUT2D eigenvalue weighted by molar-refractivity contribution is -0.139. The number of rotatable bonds is 3. The van der Waals surface area contributed by atoms with E-state index in [0.29, 0.717) is 6.04 Å². The molecule has 0 bridgehead atoms. The molecule has 2 heterocycles. The van der Waals surface area contributed by atoms with E-state index in [-0.39, 0.29) is 11.3 Å². The number of hydrogen-bond acceptors (Lipinski definition) is 5. The van der Waals surface area contributed by atoms with E-state index in [9.17, 15) is 4.79 Å². The first-order valence-electron chi connectivity index (χ1n) is 9.99. The Bertz CT molecular complexity index is 626. The van der Waals surface area contributed by atoms with Crippen LogP contribution < -0.4 is 10.2 Å². The molecule has 0 unspecified atom stereocenters. The predicted molar refractivity (Wildman–Crippen MR) is 106 cm³/mol. The van der Waals surface area contributed by atoms with Gasteiger partial charge in [0, 0.05) is 49.4 Å². The quantitative estimate of drug-likeness (QED) is 0.898. The van der Waals surface area contributed by atoms with Crippen LogP contribution in [0.15, 0.2) is 6.07 Å². The zero-order chi connectivity index (χ0) is 18.7. The summed E-state index contributed by atoms with van der Waals surface area (Å²) in [5, 5.41) is 3.53. The smallest absolute Gasteiger partial charge is 0.228 e. The van der Waals surface area contributed by atoms with Crippen molar-refractivity contribution in [3.8, 4) is 0 Å². The Labute approximate surface area is 157 Å². The number of aryl methyl sites for hydroxylation is 1. The summed E-state index contributed by atoms with van der Waals surface area (Å²) in [6.45, 7) is 11.1. The summed E-state index contributed by atoms with van der Waals surface area (Å²) in [6.07, 6.45) is 6.34. The number of hydrogen-bond donors (Lipinski definition) is 1. The van der Waals surface area contributed by atoms with Crippen LogP contribution >= 0.6 is 0 Å². The minimum atomic E-state index is -0.315. The molecule has 1 N–H and O–H groups in total. The molecular weight excluding hydrogens is 326 g/mol. The molecule has 6 heteroatoms. The van der Waals surface area contributed by atoms with Crippen molar-refractivity contribution < 1.29 is 4.79 Å². The lowest BCUT2D eigenvalue weighted by atomic mass is 9.94. The molecule has 0 atom stereocenters. The van der Waals surface area contributed by atoms with Gasteiger partial charge in [-0.15, -0.1) is 0 Å². The van der Waals surface area contributed by atoms with Crippen molar-refractivity contribution >= 4 is 17.7 Å². The van der Waals surface area contributed by atoms with Gasteiger partial charge >= 0.3 is 0 Å². The SMILES string of the molecule is Cc1cc(N2CCN(C(=O)C(C)(C)C)CC2)nc(NC2CCCCC2)n1. The monoisotopic (exact) mass is 359 g/mol. The Morgan fingerprint density at radius 2 is 1.73 bits per heavy atom. The second-order valence-corrected chi connectivity index (χ2v) is 8.70. The van der Waals surface area contributed by atoms with Crippen LogP contribution in [0.3, 0.4) is 0 Å². The highest BCUT2D eigenvalue weighted by Gasteiger charge is 2.30. The summed E-state index contributed by atoms with van der Waals surface area (Å²) in [6, 6.07) is 2.55. The van der Waals surface area contributed by atoms with Crippen LogP contribution in [0.1, 0.15) is 58.6 Å². The third-order valence-corrected chi connectivity index (χ3v) is 5.31. The maximum atomic E-state index is 12.5. The van der Waals surface area contributed by atoms with E-state index in [1.165, 1.54) is 32.1 Å². The standard InChI is InChI=1S/C20H33N5O/c1-15-14-17(23-19(21-15)22-16-8-6-5-7-9-16)24-10-12-25(13-11-24)18(26)20(2,3)4/h14,16H,5-13H2,1-4H3,(H,21,22,23). The third kappa shape index (κ3) is 4.65. The molecule has 1 aromatic heterocycles. The average Bonchev–Trinajstić information content (AvgIpc) is 2.61. The molecule has 3 rings (SSSR count). The van der Waals surface area contributed by atoms with Gasteiger partial charge in [-0.2, -0.15) is 4.98 Å². The molecule has 26 heavy (non-hydrogen) atoms. The first-order chi connectivity index (χ1) is 12.3. The number of aromatic nitrogens is 2. The normalized spacial score (nSPS) is 19.5. The van der Waals surface area contributed by atoms with Crippen molar-refractivity contribution in [2.75, 3.05) is 36.4 Å². The van der Waals surface area contributed by atoms with E-state index < -0.39 is 0 Å². The molecule has 0 radical (unpaired) electrons. The van der Waals surface area contributed by atoms with Crippen molar-refractivity contribution in [2.24, 2.45) is 5.41 Å². The molecule has 0 spiro atoms. The second kappa shape index (κ2) is 7.80. The zero-order valence-corrected chi connectivity index (χ0v) is 16.7. The number of nitrogens with one attached hydrogen (secondary N) is 1.